The van der Waals surface area contributed by atoms with Crippen molar-refractivity contribution < 1.29 is 19.4 Å². The number of carboxylic acids is 1. The third-order valence-corrected chi connectivity index (χ3v) is 2.91. The number of esters is 1. The van der Waals surface area contributed by atoms with E-state index in [1.807, 2.05) is 24.3 Å². The van der Waals surface area contributed by atoms with Crippen molar-refractivity contribution in [2.45, 2.75) is 13.3 Å². The van der Waals surface area contributed by atoms with Crippen LogP contribution in [0.4, 0.5) is 5.69 Å². The molecule has 21 heavy (non-hydrogen) atoms. The summed E-state index contributed by atoms with van der Waals surface area (Å²) in [7, 11) is 0. The van der Waals surface area contributed by atoms with Gasteiger partial charge in [-0.2, -0.15) is 0 Å². The topological polar surface area (TPSA) is 88.5 Å². The molecule has 0 spiro atoms. The van der Waals surface area contributed by atoms with Crippen molar-refractivity contribution in [1.29, 1.82) is 0 Å². The molecule has 0 radical (unpaired) electrons. The van der Waals surface area contributed by atoms with Crippen LogP contribution in [0.2, 0.25) is 0 Å². The van der Waals surface area contributed by atoms with Gasteiger partial charge < -0.3 is 15.2 Å². The lowest BCUT2D eigenvalue weighted by atomic mass is 10.1. The van der Waals surface area contributed by atoms with E-state index in [0.29, 0.717) is 11.3 Å². The summed E-state index contributed by atoms with van der Waals surface area (Å²) in [6, 6.07) is 7.34. The van der Waals surface area contributed by atoms with E-state index in [9.17, 15) is 9.59 Å². The van der Waals surface area contributed by atoms with Gasteiger partial charge in [-0.15, -0.1) is 0 Å². The van der Waals surface area contributed by atoms with Crippen LogP contribution in [0, 0.1) is 0 Å². The van der Waals surface area contributed by atoms with Gasteiger partial charge in [0.15, 0.2) is 0 Å². The van der Waals surface area contributed by atoms with Crippen LogP contribution in [-0.2, 0) is 9.53 Å². The second kappa shape index (κ2) is 6.69. The first-order valence-corrected chi connectivity index (χ1v) is 6.64. The summed E-state index contributed by atoms with van der Waals surface area (Å²) >= 11 is 0. The Bertz CT molecular complexity index is 670. The van der Waals surface area contributed by atoms with Gasteiger partial charge >= 0.3 is 11.9 Å². The van der Waals surface area contributed by atoms with Gasteiger partial charge in [-0.1, -0.05) is 18.2 Å². The van der Waals surface area contributed by atoms with Crippen molar-refractivity contribution in [2.24, 2.45) is 0 Å². The minimum Gasteiger partial charge on any atom is -0.481 e. The quantitative estimate of drug-likeness (QED) is 0.793. The summed E-state index contributed by atoms with van der Waals surface area (Å²) in [4.78, 5) is 26.8. The summed E-state index contributed by atoms with van der Waals surface area (Å²) in [6.07, 6.45) is 1.41. The molecule has 0 aliphatic carbocycles. The molecular weight excluding hydrogens is 272 g/mol. The molecule has 1 aromatic heterocycles. The molecule has 0 saturated heterocycles. The molecule has 0 fully saturated rings. The van der Waals surface area contributed by atoms with Crippen LogP contribution in [0.15, 0.2) is 30.5 Å². The van der Waals surface area contributed by atoms with E-state index in [2.05, 4.69) is 10.3 Å². The van der Waals surface area contributed by atoms with E-state index < -0.39 is 11.9 Å². The van der Waals surface area contributed by atoms with Gasteiger partial charge in [-0.05, 0) is 13.0 Å². The fraction of sp³-hybridized carbons (Fsp3) is 0.267. The minimum absolute atomic E-state index is 0.0427. The second-order valence-corrected chi connectivity index (χ2v) is 4.36. The minimum atomic E-state index is -0.904. The van der Waals surface area contributed by atoms with E-state index in [1.165, 1.54) is 6.20 Å². The number of carboxylic acid groups (broad SMARTS) is 1. The van der Waals surface area contributed by atoms with Crippen LogP contribution in [0.25, 0.3) is 10.9 Å². The number of nitrogens with one attached hydrogen (secondary N) is 1. The molecule has 0 atom stereocenters. The number of ether oxygens (including phenoxy) is 1. The second-order valence-electron chi connectivity index (χ2n) is 4.36. The summed E-state index contributed by atoms with van der Waals surface area (Å²) in [5, 5.41) is 12.5. The molecule has 2 rings (SSSR count). The third kappa shape index (κ3) is 3.47. The number of rotatable bonds is 6. The van der Waals surface area contributed by atoms with E-state index >= 15 is 0 Å². The monoisotopic (exact) mass is 288 g/mol. The van der Waals surface area contributed by atoms with Crippen LogP contribution in [0.3, 0.4) is 0 Å². The molecule has 6 nitrogen and oxygen atoms in total. The number of aromatic nitrogens is 1. The van der Waals surface area contributed by atoms with E-state index in [-0.39, 0.29) is 19.6 Å². The Labute approximate surface area is 121 Å². The van der Waals surface area contributed by atoms with Gasteiger partial charge in [0.2, 0.25) is 0 Å². The Kier molecular flexibility index (Phi) is 4.71. The molecule has 0 unspecified atom stereocenters. The Balaban J connectivity index is 2.41. The smallest absolute Gasteiger partial charge is 0.341 e. The van der Waals surface area contributed by atoms with Crippen molar-refractivity contribution in [3.05, 3.63) is 36.0 Å². The zero-order valence-electron chi connectivity index (χ0n) is 11.6. The molecule has 0 aliphatic rings. The molecule has 0 amide bonds. The van der Waals surface area contributed by atoms with Crippen LogP contribution in [-0.4, -0.2) is 35.2 Å². The molecule has 2 N–H and O–H groups in total. The molecule has 110 valence electrons. The summed E-state index contributed by atoms with van der Waals surface area (Å²) < 4.78 is 5.01. The number of aliphatic carboxylic acids is 1. The Hall–Kier alpha value is -2.63. The first kappa shape index (κ1) is 14.8. The highest BCUT2D eigenvalue weighted by atomic mass is 16.5. The number of nitrogens with zero attached hydrogens (tertiary/aromatic N) is 1. The number of pyridine rings is 1. The zero-order valence-corrected chi connectivity index (χ0v) is 11.6. The predicted molar refractivity (Wildman–Crippen MR) is 78.4 cm³/mol. The number of benzene rings is 1. The van der Waals surface area contributed by atoms with Gasteiger partial charge in [0.05, 0.1) is 24.2 Å². The van der Waals surface area contributed by atoms with Gasteiger partial charge in [0.25, 0.3) is 0 Å². The number of hydrogen-bond acceptors (Lipinski definition) is 5. The van der Waals surface area contributed by atoms with Gasteiger partial charge in [0, 0.05) is 18.1 Å². The highest BCUT2D eigenvalue weighted by Gasteiger charge is 2.16. The number of fused-ring (bicyclic) bond motifs is 1. The van der Waals surface area contributed by atoms with Crippen LogP contribution < -0.4 is 5.32 Å². The molecule has 2 aromatic rings. The third-order valence-electron chi connectivity index (χ3n) is 2.91. The number of anilines is 1. The fourth-order valence-corrected chi connectivity index (χ4v) is 1.99. The summed E-state index contributed by atoms with van der Waals surface area (Å²) in [5.41, 5.74) is 1.59. The number of carbonyl (C=O) groups is 2. The molecule has 6 heteroatoms. The lowest BCUT2D eigenvalue weighted by Gasteiger charge is -2.13. The van der Waals surface area contributed by atoms with Crippen LogP contribution in [0.5, 0.6) is 0 Å². The predicted octanol–water partition coefficient (Wildman–Crippen LogP) is 2.30. The maximum atomic E-state index is 12.0. The maximum Gasteiger partial charge on any atom is 0.341 e. The van der Waals surface area contributed by atoms with E-state index in [0.717, 1.165) is 10.9 Å². The van der Waals surface area contributed by atoms with Gasteiger partial charge in [-0.25, -0.2) is 4.79 Å². The van der Waals surface area contributed by atoms with E-state index in [1.54, 1.807) is 6.92 Å². The van der Waals surface area contributed by atoms with Crippen LogP contribution in [0.1, 0.15) is 23.7 Å². The highest BCUT2D eigenvalue weighted by molar-refractivity contribution is 6.04. The normalized spacial score (nSPS) is 10.3. The summed E-state index contributed by atoms with van der Waals surface area (Å²) in [6.45, 7) is 2.21. The Morgan fingerprint density at radius 2 is 2.10 bits per heavy atom. The molecule has 0 saturated carbocycles. The van der Waals surface area contributed by atoms with Crippen molar-refractivity contribution in [1.82, 2.24) is 4.98 Å². The van der Waals surface area contributed by atoms with Crippen molar-refractivity contribution in [3.8, 4) is 0 Å². The first-order chi connectivity index (χ1) is 10.1. The Morgan fingerprint density at radius 3 is 2.81 bits per heavy atom. The fourth-order valence-electron chi connectivity index (χ4n) is 1.99. The molecule has 1 aromatic carbocycles. The van der Waals surface area contributed by atoms with Crippen molar-refractivity contribution in [3.63, 3.8) is 0 Å². The highest BCUT2D eigenvalue weighted by Crippen LogP contribution is 2.26. The van der Waals surface area contributed by atoms with Gasteiger partial charge in [-0.3, -0.25) is 9.78 Å². The standard InChI is InChI=1S/C15H16N2O4/c1-2-21-15(20)11-9-17-12-6-4-3-5-10(12)14(11)16-8-7-13(18)19/h3-6,9H,2,7-8H2,1H3,(H,16,17)(H,18,19). The van der Waals surface area contributed by atoms with Crippen molar-refractivity contribution >= 4 is 28.5 Å². The van der Waals surface area contributed by atoms with Gasteiger partial charge in [0.1, 0.15) is 5.56 Å². The SMILES string of the molecule is CCOC(=O)c1cnc2ccccc2c1NCCC(=O)O. The summed E-state index contributed by atoms with van der Waals surface area (Å²) in [5.74, 6) is -1.38. The Morgan fingerprint density at radius 1 is 1.33 bits per heavy atom. The van der Waals surface area contributed by atoms with Crippen LogP contribution >= 0.6 is 0 Å². The average Bonchev–Trinajstić information content (AvgIpc) is 2.47. The number of carbonyl (C=O) groups excluding carboxylic acids is 1. The number of para-hydroxylation sites is 1. The van der Waals surface area contributed by atoms with Crippen molar-refractivity contribution in [2.75, 3.05) is 18.5 Å². The lowest BCUT2D eigenvalue weighted by Crippen LogP contribution is -2.13. The molecule has 1 heterocycles. The maximum absolute atomic E-state index is 12.0. The first-order valence-electron chi connectivity index (χ1n) is 6.64. The average molecular weight is 288 g/mol. The largest absolute Gasteiger partial charge is 0.481 e. The lowest BCUT2D eigenvalue weighted by molar-refractivity contribution is -0.136. The number of hydrogen-bond donors (Lipinski definition) is 2. The van der Waals surface area contributed by atoms with E-state index in [4.69, 9.17) is 9.84 Å². The molecular formula is C15H16N2O4. The molecule has 0 aliphatic heterocycles. The molecule has 0 bridgehead atoms. The zero-order chi connectivity index (χ0) is 15.2.